The molecule has 2 aliphatic carbocycles. The van der Waals surface area contributed by atoms with Gasteiger partial charge in [-0.3, -0.25) is 0 Å². The van der Waals surface area contributed by atoms with Crippen LogP contribution in [0.4, 0.5) is 0 Å². The molecule has 1 N–H and O–H groups in total. The van der Waals surface area contributed by atoms with Gasteiger partial charge in [0.15, 0.2) is 0 Å². The number of nitriles is 1. The third kappa shape index (κ3) is 2.56. The molecule has 106 valence electrons. The number of pyridine rings is 1. The van der Waals surface area contributed by atoms with Gasteiger partial charge in [-0.05, 0) is 49.1 Å². The maximum absolute atomic E-state index is 12.2. The summed E-state index contributed by atoms with van der Waals surface area (Å²) in [6, 6.07) is 4.72. The Morgan fingerprint density at radius 1 is 1.35 bits per heavy atom. The average Bonchev–Trinajstić information content (AvgIpc) is 3.08. The number of hydrogen-bond acceptors (Lipinski definition) is 4. The highest BCUT2D eigenvalue weighted by molar-refractivity contribution is 7.89. The van der Waals surface area contributed by atoms with Crippen LogP contribution in [-0.4, -0.2) is 19.9 Å². The van der Waals surface area contributed by atoms with Crippen molar-refractivity contribution in [3.05, 3.63) is 24.0 Å². The molecule has 3 unspecified atom stereocenters. The fraction of sp³-hybridized carbons (Fsp3) is 0.571. The number of fused-ring (bicyclic) bond motifs is 2. The van der Waals surface area contributed by atoms with E-state index >= 15 is 0 Å². The van der Waals surface area contributed by atoms with Crippen LogP contribution >= 0.6 is 0 Å². The molecule has 0 saturated heterocycles. The lowest BCUT2D eigenvalue weighted by molar-refractivity contribution is 0.333. The maximum Gasteiger partial charge on any atom is 0.242 e. The minimum absolute atomic E-state index is 0.125. The molecule has 0 aliphatic heterocycles. The molecule has 0 radical (unpaired) electrons. The number of nitrogens with one attached hydrogen (secondary N) is 1. The normalized spacial score (nSPS) is 28.4. The standard InChI is InChI=1S/C14H17N3O2S/c15-7-13-3-4-14(9-16-13)20(18,19)17-8-12-6-10-1-2-11(12)5-10/h3-4,9-12,17H,1-2,5-6,8H2. The minimum Gasteiger partial charge on any atom is -0.244 e. The van der Waals surface area contributed by atoms with Crippen LogP contribution in [0.2, 0.25) is 0 Å². The molecule has 5 nitrogen and oxygen atoms in total. The summed E-state index contributed by atoms with van der Waals surface area (Å²) in [7, 11) is -3.51. The number of sulfonamides is 1. The van der Waals surface area contributed by atoms with Crippen LogP contribution in [-0.2, 0) is 10.0 Å². The van der Waals surface area contributed by atoms with Crippen molar-refractivity contribution in [2.75, 3.05) is 6.54 Å². The third-order valence-corrected chi connectivity index (χ3v) is 5.99. The summed E-state index contributed by atoms with van der Waals surface area (Å²) in [5.74, 6) is 1.99. The largest absolute Gasteiger partial charge is 0.244 e. The Labute approximate surface area is 119 Å². The number of hydrogen-bond donors (Lipinski definition) is 1. The summed E-state index contributed by atoms with van der Waals surface area (Å²) in [5.41, 5.74) is 0.219. The van der Waals surface area contributed by atoms with Crippen LogP contribution in [0.5, 0.6) is 0 Å². The van der Waals surface area contributed by atoms with Crippen LogP contribution in [0.3, 0.4) is 0 Å². The maximum atomic E-state index is 12.2. The van der Waals surface area contributed by atoms with Crippen molar-refractivity contribution in [1.82, 2.24) is 9.71 Å². The van der Waals surface area contributed by atoms with Crippen molar-refractivity contribution in [3.63, 3.8) is 0 Å². The van der Waals surface area contributed by atoms with E-state index in [2.05, 4.69) is 9.71 Å². The molecule has 2 aliphatic rings. The van der Waals surface area contributed by atoms with Crippen molar-refractivity contribution in [2.45, 2.75) is 30.6 Å². The topological polar surface area (TPSA) is 82.8 Å². The molecule has 1 aromatic heterocycles. The molecule has 3 rings (SSSR count). The molecule has 3 atom stereocenters. The Kier molecular flexibility index (Phi) is 3.48. The lowest BCUT2D eigenvalue weighted by Gasteiger charge is -2.21. The number of rotatable bonds is 4. The lowest BCUT2D eigenvalue weighted by atomic mass is 9.89. The van der Waals surface area contributed by atoms with Gasteiger partial charge in [0, 0.05) is 12.7 Å². The molecule has 0 aromatic carbocycles. The minimum atomic E-state index is -3.51. The highest BCUT2D eigenvalue weighted by Gasteiger charge is 2.39. The summed E-state index contributed by atoms with van der Waals surface area (Å²) in [6.07, 6.45) is 6.22. The highest BCUT2D eigenvalue weighted by Crippen LogP contribution is 2.48. The van der Waals surface area contributed by atoms with Crippen molar-refractivity contribution in [1.29, 1.82) is 5.26 Å². The molecule has 6 heteroatoms. The Morgan fingerprint density at radius 3 is 2.75 bits per heavy atom. The molecule has 20 heavy (non-hydrogen) atoms. The number of nitrogens with zero attached hydrogens (tertiary/aromatic N) is 2. The summed E-state index contributed by atoms with van der Waals surface area (Å²) in [5, 5.41) is 8.66. The van der Waals surface area contributed by atoms with Gasteiger partial charge >= 0.3 is 0 Å². The lowest BCUT2D eigenvalue weighted by Crippen LogP contribution is -2.31. The molecule has 1 aromatic rings. The van der Waals surface area contributed by atoms with E-state index in [1.807, 2.05) is 6.07 Å². The van der Waals surface area contributed by atoms with Gasteiger partial charge < -0.3 is 0 Å². The summed E-state index contributed by atoms with van der Waals surface area (Å²) in [4.78, 5) is 3.93. The smallest absolute Gasteiger partial charge is 0.242 e. The number of aromatic nitrogens is 1. The quantitative estimate of drug-likeness (QED) is 0.914. The van der Waals surface area contributed by atoms with Gasteiger partial charge in [0.1, 0.15) is 16.7 Å². The van der Waals surface area contributed by atoms with Gasteiger partial charge in [0.05, 0.1) is 0 Å². The summed E-state index contributed by atoms with van der Waals surface area (Å²) in [6.45, 7) is 0.517. The van der Waals surface area contributed by atoms with Gasteiger partial charge in [0.2, 0.25) is 10.0 Å². The SMILES string of the molecule is N#Cc1ccc(S(=O)(=O)NCC2CC3CCC2C3)cn1. The van der Waals surface area contributed by atoms with E-state index < -0.39 is 10.0 Å². The highest BCUT2D eigenvalue weighted by atomic mass is 32.2. The predicted octanol–water partition coefficient (Wildman–Crippen LogP) is 1.67. The first-order valence-corrected chi connectivity index (χ1v) is 8.42. The Balaban J connectivity index is 1.65. The molecule has 2 bridgehead atoms. The van der Waals surface area contributed by atoms with Crippen molar-refractivity contribution in [3.8, 4) is 6.07 Å². The van der Waals surface area contributed by atoms with Crippen LogP contribution in [0, 0.1) is 29.1 Å². The van der Waals surface area contributed by atoms with Gasteiger partial charge in [-0.1, -0.05) is 6.42 Å². The summed E-state index contributed by atoms with van der Waals surface area (Å²) >= 11 is 0. The second-order valence-electron chi connectivity index (χ2n) is 5.78. The van der Waals surface area contributed by atoms with Gasteiger partial charge in [0.25, 0.3) is 0 Å². The van der Waals surface area contributed by atoms with Crippen molar-refractivity contribution in [2.24, 2.45) is 17.8 Å². The fourth-order valence-electron chi connectivity index (χ4n) is 3.53. The van der Waals surface area contributed by atoms with E-state index in [4.69, 9.17) is 5.26 Å². The van der Waals surface area contributed by atoms with Crippen molar-refractivity contribution < 1.29 is 8.42 Å². The van der Waals surface area contributed by atoms with Crippen molar-refractivity contribution >= 4 is 10.0 Å². The van der Waals surface area contributed by atoms with Crippen LogP contribution in [0.15, 0.2) is 23.2 Å². The zero-order valence-electron chi connectivity index (χ0n) is 11.1. The van der Waals surface area contributed by atoms with E-state index in [0.717, 1.165) is 12.3 Å². The first kappa shape index (κ1) is 13.5. The molecular formula is C14H17N3O2S. The van der Waals surface area contributed by atoms with Gasteiger partial charge in [-0.15, -0.1) is 0 Å². The molecular weight excluding hydrogens is 274 g/mol. The molecule has 0 spiro atoms. The Morgan fingerprint density at radius 2 is 2.20 bits per heavy atom. The second kappa shape index (κ2) is 5.15. The Bertz CT molecular complexity index is 633. The molecule has 2 fully saturated rings. The summed E-state index contributed by atoms with van der Waals surface area (Å²) < 4.78 is 27.0. The second-order valence-corrected chi connectivity index (χ2v) is 7.54. The molecule has 0 amide bonds. The van der Waals surface area contributed by atoms with Crippen LogP contribution < -0.4 is 4.72 Å². The van der Waals surface area contributed by atoms with Crippen LogP contribution in [0.25, 0.3) is 0 Å². The average molecular weight is 291 g/mol. The van der Waals surface area contributed by atoms with E-state index in [0.29, 0.717) is 18.4 Å². The first-order valence-electron chi connectivity index (χ1n) is 6.94. The third-order valence-electron chi connectivity index (χ3n) is 4.58. The fourth-order valence-corrected chi connectivity index (χ4v) is 4.57. The molecule has 1 heterocycles. The van der Waals surface area contributed by atoms with E-state index in [1.54, 1.807) is 0 Å². The van der Waals surface area contributed by atoms with Gasteiger partial charge in [-0.2, -0.15) is 5.26 Å². The monoisotopic (exact) mass is 291 g/mol. The first-order chi connectivity index (χ1) is 9.58. The Hall–Kier alpha value is -1.45. The van der Waals surface area contributed by atoms with Gasteiger partial charge in [-0.25, -0.2) is 18.1 Å². The molecule has 2 saturated carbocycles. The predicted molar refractivity (Wildman–Crippen MR) is 73.1 cm³/mol. The zero-order chi connectivity index (χ0) is 14.2. The van der Waals surface area contributed by atoms with E-state index in [9.17, 15) is 8.42 Å². The van der Waals surface area contributed by atoms with E-state index in [-0.39, 0.29) is 10.6 Å². The van der Waals surface area contributed by atoms with Crippen LogP contribution in [0.1, 0.15) is 31.4 Å². The zero-order valence-corrected chi connectivity index (χ0v) is 11.9. The van der Waals surface area contributed by atoms with E-state index in [1.165, 1.54) is 37.6 Å².